The van der Waals surface area contributed by atoms with Crippen LogP contribution in [-0.2, 0) is 6.54 Å². The van der Waals surface area contributed by atoms with Crippen LogP contribution in [0.2, 0.25) is 0 Å². The van der Waals surface area contributed by atoms with Crippen molar-refractivity contribution in [3.8, 4) is 5.75 Å². The molecular formula is C19H29N3O2. The van der Waals surface area contributed by atoms with Crippen LogP contribution in [-0.4, -0.2) is 67.1 Å². The summed E-state index contributed by atoms with van der Waals surface area (Å²) < 4.78 is 5.22. The Kier molecular flexibility index (Phi) is 4.99. The summed E-state index contributed by atoms with van der Waals surface area (Å²) in [5, 5.41) is 0. The second-order valence-electron chi connectivity index (χ2n) is 7.28. The molecule has 0 saturated carbocycles. The zero-order valence-corrected chi connectivity index (χ0v) is 15.1. The minimum absolute atomic E-state index is 0.0950. The number of methoxy groups -OCH3 is 1. The zero-order chi connectivity index (χ0) is 17.2. The van der Waals surface area contributed by atoms with Gasteiger partial charge < -0.3 is 14.5 Å². The Morgan fingerprint density at radius 3 is 2.38 bits per heavy atom. The summed E-state index contributed by atoms with van der Waals surface area (Å²) >= 11 is 0. The van der Waals surface area contributed by atoms with E-state index in [2.05, 4.69) is 21.9 Å². The highest BCUT2D eigenvalue weighted by Gasteiger charge is 2.45. The van der Waals surface area contributed by atoms with E-state index in [4.69, 9.17) is 4.74 Å². The number of rotatable bonds is 3. The van der Waals surface area contributed by atoms with Crippen LogP contribution in [0.4, 0.5) is 4.79 Å². The summed E-state index contributed by atoms with van der Waals surface area (Å²) in [5.41, 5.74) is 1.41. The van der Waals surface area contributed by atoms with Crippen LogP contribution in [0.5, 0.6) is 5.75 Å². The first-order valence-corrected chi connectivity index (χ1v) is 8.88. The number of hydrogen-bond donors (Lipinski definition) is 0. The first-order chi connectivity index (χ1) is 11.5. The Morgan fingerprint density at radius 1 is 1.12 bits per heavy atom. The van der Waals surface area contributed by atoms with Crippen LogP contribution < -0.4 is 4.74 Å². The lowest BCUT2D eigenvalue weighted by atomic mass is 9.85. The molecule has 2 fully saturated rings. The molecule has 0 N–H and O–H groups in total. The quantitative estimate of drug-likeness (QED) is 0.854. The van der Waals surface area contributed by atoms with Gasteiger partial charge in [-0.2, -0.15) is 0 Å². The van der Waals surface area contributed by atoms with Crippen molar-refractivity contribution in [2.45, 2.75) is 37.8 Å². The van der Waals surface area contributed by atoms with Gasteiger partial charge in [-0.05, 0) is 43.4 Å². The Morgan fingerprint density at radius 2 is 1.79 bits per heavy atom. The summed E-state index contributed by atoms with van der Waals surface area (Å²) in [6, 6.07) is 8.50. The smallest absolute Gasteiger partial charge is 0.319 e. The fourth-order valence-electron chi connectivity index (χ4n) is 4.11. The average molecular weight is 331 g/mol. The van der Waals surface area contributed by atoms with Crippen LogP contribution in [0, 0.1) is 0 Å². The lowest BCUT2D eigenvalue weighted by Gasteiger charge is -2.45. The van der Waals surface area contributed by atoms with E-state index in [9.17, 15) is 4.79 Å². The van der Waals surface area contributed by atoms with Crippen molar-refractivity contribution in [3.05, 3.63) is 29.8 Å². The molecule has 2 heterocycles. The summed E-state index contributed by atoms with van der Waals surface area (Å²) in [7, 11) is 5.40. The maximum atomic E-state index is 12.5. The van der Waals surface area contributed by atoms with E-state index in [1.54, 1.807) is 12.0 Å². The van der Waals surface area contributed by atoms with E-state index in [1.165, 1.54) is 5.56 Å². The Balaban J connectivity index is 1.59. The highest BCUT2D eigenvalue weighted by molar-refractivity contribution is 5.75. The molecule has 3 rings (SSSR count). The predicted molar refractivity (Wildman–Crippen MR) is 95.3 cm³/mol. The zero-order valence-electron chi connectivity index (χ0n) is 15.1. The third-order valence-corrected chi connectivity index (χ3v) is 5.56. The van der Waals surface area contributed by atoms with Crippen LogP contribution in [0.1, 0.15) is 31.2 Å². The number of carbonyl (C=O) groups excluding carboxylic acids is 1. The molecule has 2 aliphatic heterocycles. The minimum Gasteiger partial charge on any atom is -0.497 e. The Labute approximate surface area is 145 Å². The lowest BCUT2D eigenvalue weighted by Crippen LogP contribution is -2.56. The number of urea groups is 1. The number of amides is 2. The van der Waals surface area contributed by atoms with Gasteiger partial charge in [0.05, 0.1) is 7.11 Å². The van der Waals surface area contributed by atoms with Crippen LogP contribution >= 0.6 is 0 Å². The second kappa shape index (κ2) is 7.01. The number of benzene rings is 1. The number of ether oxygens (including phenoxy) is 1. The number of nitrogens with zero attached hydrogens (tertiary/aromatic N) is 3. The molecule has 5 nitrogen and oxygen atoms in total. The predicted octanol–water partition coefficient (Wildman–Crippen LogP) is 2.81. The highest BCUT2D eigenvalue weighted by Crippen LogP contribution is 2.39. The van der Waals surface area contributed by atoms with Crippen molar-refractivity contribution in [2.24, 2.45) is 0 Å². The van der Waals surface area contributed by atoms with Crippen molar-refractivity contribution in [2.75, 3.05) is 40.8 Å². The minimum atomic E-state index is 0.0950. The van der Waals surface area contributed by atoms with Gasteiger partial charge >= 0.3 is 6.03 Å². The van der Waals surface area contributed by atoms with Crippen molar-refractivity contribution < 1.29 is 9.53 Å². The molecule has 0 aliphatic carbocycles. The fraction of sp³-hybridized carbons (Fsp3) is 0.632. The normalized spacial score (nSPS) is 20.4. The maximum absolute atomic E-state index is 12.5. The van der Waals surface area contributed by atoms with Gasteiger partial charge in [0.15, 0.2) is 0 Å². The van der Waals surface area contributed by atoms with E-state index >= 15 is 0 Å². The van der Waals surface area contributed by atoms with Gasteiger partial charge in [0.1, 0.15) is 5.75 Å². The summed E-state index contributed by atoms with van der Waals surface area (Å²) in [4.78, 5) is 18.8. The SMILES string of the molecule is COc1ccc(CN2CCC3(CCCN3C(=O)N(C)C)CC2)cc1. The molecule has 5 heteroatoms. The van der Waals surface area contributed by atoms with Crippen molar-refractivity contribution in [1.82, 2.24) is 14.7 Å². The Bertz CT molecular complexity index is 562. The average Bonchev–Trinajstić information content (AvgIpc) is 3.00. The molecule has 1 spiro atoms. The molecule has 24 heavy (non-hydrogen) atoms. The maximum Gasteiger partial charge on any atom is 0.319 e. The molecule has 0 atom stereocenters. The third kappa shape index (κ3) is 3.36. The van der Waals surface area contributed by atoms with E-state index < -0.39 is 0 Å². The van der Waals surface area contributed by atoms with Crippen molar-refractivity contribution >= 4 is 6.03 Å². The molecule has 132 valence electrons. The molecule has 1 aromatic carbocycles. The van der Waals surface area contributed by atoms with Gasteiger partial charge in [0.2, 0.25) is 0 Å². The van der Waals surface area contributed by atoms with Gasteiger partial charge in [0.25, 0.3) is 0 Å². The molecule has 2 saturated heterocycles. The molecule has 2 aliphatic rings. The largest absolute Gasteiger partial charge is 0.497 e. The molecule has 0 radical (unpaired) electrons. The third-order valence-electron chi connectivity index (χ3n) is 5.56. The first-order valence-electron chi connectivity index (χ1n) is 8.88. The molecule has 0 bridgehead atoms. The van der Waals surface area contributed by atoms with E-state index in [-0.39, 0.29) is 11.6 Å². The summed E-state index contributed by atoms with van der Waals surface area (Å²) in [6.45, 7) is 4.00. The molecular weight excluding hydrogens is 302 g/mol. The molecule has 0 aromatic heterocycles. The molecule has 0 unspecified atom stereocenters. The second-order valence-corrected chi connectivity index (χ2v) is 7.28. The van der Waals surface area contributed by atoms with Crippen molar-refractivity contribution in [3.63, 3.8) is 0 Å². The van der Waals surface area contributed by atoms with Crippen LogP contribution in [0.3, 0.4) is 0 Å². The summed E-state index contributed by atoms with van der Waals surface area (Å²) in [5.74, 6) is 0.903. The number of likely N-dealkylation sites (tertiary alicyclic amines) is 2. The van der Waals surface area contributed by atoms with Gasteiger partial charge in [-0.25, -0.2) is 4.79 Å². The lowest BCUT2D eigenvalue weighted by molar-refractivity contribution is 0.0606. The van der Waals surface area contributed by atoms with Crippen LogP contribution in [0.15, 0.2) is 24.3 Å². The standard InChI is InChI=1S/C19H29N3O2/c1-20(2)18(23)22-12-4-9-19(22)10-13-21(14-11-19)15-16-5-7-17(24-3)8-6-16/h5-8H,4,9-15H2,1-3H3. The fourth-order valence-corrected chi connectivity index (χ4v) is 4.11. The van der Waals surface area contributed by atoms with Gasteiger partial charge in [-0.15, -0.1) is 0 Å². The van der Waals surface area contributed by atoms with E-state index in [0.717, 1.165) is 57.6 Å². The topological polar surface area (TPSA) is 36.0 Å². The highest BCUT2D eigenvalue weighted by atomic mass is 16.5. The van der Waals surface area contributed by atoms with Crippen molar-refractivity contribution in [1.29, 1.82) is 0 Å². The van der Waals surface area contributed by atoms with Gasteiger partial charge in [-0.1, -0.05) is 12.1 Å². The first kappa shape index (κ1) is 17.1. The Hall–Kier alpha value is -1.75. The van der Waals surface area contributed by atoms with Gasteiger partial charge in [0, 0.05) is 45.8 Å². The number of piperidine rings is 1. The van der Waals surface area contributed by atoms with E-state index in [0.29, 0.717) is 0 Å². The summed E-state index contributed by atoms with van der Waals surface area (Å²) in [6.07, 6.45) is 4.46. The monoisotopic (exact) mass is 331 g/mol. The molecule has 2 amide bonds. The number of hydrogen-bond acceptors (Lipinski definition) is 3. The number of carbonyl (C=O) groups is 1. The van der Waals surface area contributed by atoms with Gasteiger partial charge in [-0.3, -0.25) is 4.90 Å². The van der Waals surface area contributed by atoms with Crippen LogP contribution in [0.25, 0.3) is 0 Å². The van der Waals surface area contributed by atoms with E-state index in [1.807, 2.05) is 26.2 Å². The molecule has 1 aromatic rings.